The summed E-state index contributed by atoms with van der Waals surface area (Å²) in [6.07, 6.45) is 2.05. The fourth-order valence-corrected chi connectivity index (χ4v) is 3.76. The van der Waals surface area contributed by atoms with Crippen molar-refractivity contribution in [3.05, 3.63) is 70.6 Å². The highest BCUT2D eigenvalue weighted by Gasteiger charge is 2.24. The maximum absolute atomic E-state index is 14.3. The number of rotatable bonds is 5. The van der Waals surface area contributed by atoms with Crippen LogP contribution in [0.3, 0.4) is 0 Å². The van der Waals surface area contributed by atoms with Crippen molar-refractivity contribution in [2.45, 2.75) is 39.1 Å². The van der Waals surface area contributed by atoms with E-state index in [9.17, 15) is 13.9 Å². The van der Waals surface area contributed by atoms with Crippen molar-refractivity contribution in [1.82, 2.24) is 15.0 Å². The number of fused-ring (bicyclic) bond motifs is 1. The van der Waals surface area contributed by atoms with Crippen LogP contribution in [-0.2, 0) is 25.2 Å². The smallest absolute Gasteiger partial charge is 0.220 e. The molecule has 0 amide bonds. The second-order valence-corrected chi connectivity index (χ2v) is 8.12. The van der Waals surface area contributed by atoms with Gasteiger partial charge in [-0.3, -0.25) is 0 Å². The monoisotopic (exact) mass is 436 g/mol. The molecule has 2 N–H and O–H groups in total. The topological polar surface area (TPSA) is 98.0 Å². The molecular formula is C23H22F2N6O. The molecule has 0 bridgehead atoms. The zero-order valence-corrected chi connectivity index (χ0v) is 17.7. The summed E-state index contributed by atoms with van der Waals surface area (Å²) in [6, 6.07) is 10.2. The van der Waals surface area contributed by atoms with Crippen LogP contribution in [0.1, 0.15) is 41.8 Å². The Bertz CT molecular complexity index is 1200. The molecule has 2 aromatic heterocycles. The average Bonchev–Trinajstić information content (AvgIpc) is 2.77. The van der Waals surface area contributed by atoms with Crippen LogP contribution < -0.4 is 10.2 Å². The predicted molar refractivity (Wildman–Crippen MR) is 115 cm³/mol. The minimum absolute atomic E-state index is 0.110. The lowest BCUT2D eigenvalue weighted by Crippen LogP contribution is -2.32. The van der Waals surface area contributed by atoms with Gasteiger partial charge in [0.05, 0.1) is 29.5 Å². The van der Waals surface area contributed by atoms with Crippen molar-refractivity contribution in [1.29, 1.82) is 5.26 Å². The Morgan fingerprint density at radius 2 is 2.06 bits per heavy atom. The fourth-order valence-electron chi connectivity index (χ4n) is 3.76. The standard InChI is InChI=1S/C23H22F2N6O/c1-23(2,32)18-5-6-20(29-21(18)25)30-22-17-7-8-31(12-19(17)27-13-28-22)16-4-3-14(11-26)15(9-16)10-24/h3-6,9,13,32H,7-8,10,12H2,1-2H3,(H,27,28,29,30). The van der Waals surface area contributed by atoms with Gasteiger partial charge in [-0.2, -0.15) is 9.65 Å². The first-order valence-corrected chi connectivity index (χ1v) is 10.1. The molecule has 9 heteroatoms. The summed E-state index contributed by atoms with van der Waals surface area (Å²) in [5, 5.41) is 22.2. The first-order chi connectivity index (χ1) is 15.3. The SMILES string of the molecule is CC(C)(O)c1ccc(Nc2ncnc3c2CCN(c2ccc(C#N)c(CF)c2)C3)nc1F. The van der Waals surface area contributed by atoms with Gasteiger partial charge in [0, 0.05) is 28.9 Å². The minimum Gasteiger partial charge on any atom is -0.386 e. The second kappa shape index (κ2) is 8.48. The van der Waals surface area contributed by atoms with Crippen LogP contribution in [-0.4, -0.2) is 26.6 Å². The lowest BCUT2D eigenvalue weighted by Gasteiger charge is -2.31. The number of anilines is 3. The first-order valence-electron chi connectivity index (χ1n) is 10.1. The lowest BCUT2D eigenvalue weighted by atomic mass is 10.0. The summed E-state index contributed by atoms with van der Waals surface area (Å²) in [6.45, 7) is 3.43. The maximum atomic E-state index is 14.3. The molecule has 7 nitrogen and oxygen atoms in total. The van der Waals surface area contributed by atoms with E-state index >= 15 is 0 Å². The molecule has 4 rings (SSSR count). The second-order valence-electron chi connectivity index (χ2n) is 8.12. The van der Waals surface area contributed by atoms with Gasteiger partial charge in [0.15, 0.2) is 0 Å². The largest absolute Gasteiger partial charge is 0.386 e. The van der Waals surface area contributed by atoms with Gasteiger partial charge in [-0.1, -0.05) is 0 Å². The van der Waals surface area contributed by atoms with Gasteiger partial charge in [0.25, 0.3) is 0 Å². The van der Waals surface area contributed by atoms with Crippen molar-refractivity contribution < 1.29 is 13.9 Å². The van der Waals surface area contributed by atoms with Crippen molar-refractivity contribution >= 4 is 17.3 Å². The summed E-state index contributed by atoms with van der Waals surface area (Å²) in [5.41, 5.74) is 1.99. The average molecular weight is 436 g/mol. The third-order valence-corrected chi connectivity index (χ3v) is 5.48. The van der Waals surface area contributed by atoms with Gasteiger partial charge >= 0.3 is 0 Å². The highest BCUT2D eigenvalue weighted by atomic mass is 19.1. The van der Waals surface area contributed by atoms with E-state index in [4.69, 9.17) is 5.26 Å². The van der Waals surface area contributed by atoms with Crippen LogP contribution in [0.2, 0.25) is 0 Å². The van der Waals surface area contributed by atoms with Crippen LogP contribution in [0.5, 0.6) is 0 Å². The molecule has 0 unspecified atom stereocenters. The number of halogens is 2. The third-order valence-electron chi connectivity index (χ3n) is 5.48. The molecule has 3 heterocycles. The van der Waals surface area contributed by atoms with E-state index in [0.717, 1.165) is 16.9 Å². The van der Waals surface area contributed by atoms with Crippen molar-refractivity contribution in [2.24, 2.45) is 0 Å². The molecular weight excluding hydrogens is 414 g/mol. The molecule has 0 radical (unpaired) electrons. The van der Waals surface area contributed by atoms with E-state index in [-0.39, 0.29) is 11.4 Å². The molecule has 0 spiro atoms. The van der Waals surface area contributed by atoms with Gasteiger partial charge in [-0.15, -0.1) is 0 Å². The number of pyridine rings is 1. The number of hydrogen-bond donors (Lipinski definition) is 2. The van der Waals surface area contributed by atoms with Crippen molar-refractivity contribution in [3.8, 4) is 6.07 Å². The van der Waals surface area contributed by atoms with Gasteiger partial charge < -0.3 is 15.3 Å². The van der Waals surface area contributed by atoms with Crippen LogP contribution in [0.4, 0.5) is 26.1 Å². The predicted octanol–water partition coefficient (Wildman–Crippen LogP) is 3.89. The van der Waals surface area contributed by atoms with E-state index in [1.807, 2.05) is 6.07 Å². The summed E-state index contributed by atoms with van der Waals surface area (Å²) < 4.78 is 27.6. The molecule has 0 atom stereocenters. The molecule has 0 fully saturated rings. The fraction of sp³-hybridized carbons (Fsp3) is 0.304. The van der Waals surface area contributed by atoms with Gasteiger partial charge in [-0.25, -0.2) is 19.3 Å². The normalized spacial score (nSPS) is 13.4. The number of alkyl halides is 1. The molecule has 1 aliphatic rings. The minimum atomic E-state index is -1.33. The Kier molecular flexibility index (Phi) is 5.72. The van der Waals surface area contributed by atoms with Gasteiger partial charge in [-0.05, 0) is 50.6 Å². The quantitative estimate of drug-likeness (QED) is 0.586. The third kappa shape index (κ3) is 4.22. The Labute approximate surface area is 184 Å². The Hall–Kier alpha value is -3.64. The van der Waals surface area contributed by atoms with E-state index in [2.05, 4.69) is 25.2 Å². The van der Waals surface area contributed by atoms with Crippen molar-refractivity contribution in [3.63, 3.8) is 0 Å². The highest BCUT2D eigenvalue weighted by Crippen LogP contribution is 2.30. The Balaban J connectivity index is 1.57. The van der Waals surface area contributed by atoms with E-state index in [1.165, 1.54) is 26.2 Å². The van der Waals surface area contributed by atoms with Crippen LogP contribution in [0.15, 0.2) is 36.7 Å². The number of nitrogens with one attached hydrogen (secondary N) is 1. The molecule has 0 saturated heterocycles. The molecule has 0 saturated carbocycles. The van der Waals surface area contributed by atoms with Crippen LogP contribution in [0, 0.1) is 17.3 Å². The number of nitriles is 1. The zero-order chi connectivity index (χ0) is 22.9. The molecule has 164 valence electrons. The highest BCUT2D eigenvalue weighted by molar-refractivity contribution is 5.60. The molecule has 3 aromatic rings. The molecule has 1 aromatic carbocycles. The molecule has 1 aliphatic heterocycles. The first kappa shape index (κ1) is 21.6. The summed E-state index contributed by atoms with van der Waals surface area (Å²) in [7, 11) is 0. The number of nitrogens with zero attached hydrogens (tertiary/aromatic N) is 5. The number of aliphatic hydroxyl groups is 1. The van der Waals surface area contributed by atoms with E-state index < -0.39 is 18.2 Å². The number of hydrogen-bond acceptors (Lipinski definition) is 7. The van der Waals surface area contributed by atoms with E-state index in [1.54, 1.807) is 24.3 Å². The number of aromatic nitrogens is 3. The zero-order valence-electron chi connectivity index (χ0n) is 17.7. The summed E-state index contributed by atoms with van der Waals surface area (Å²) in [5.74, 6) is 0.0708. The van der Waals surface area contributed by atoms with E-state index in [0.29, 0.717) is 36.5 Å². The maximum Gasteiger partial charge on any atom is 0.220 e. The van der Waals surface area contributed by atoms with Crippen LogP contribution in [0.25, 0.3) is 0 Å². The lowest BCUT2D eigenvalue weighted by molar-refractivity contribution is 0.0737. The van der Waals surface area contributed by atoms with Gasteiger partial charge in [0.2, 0.25) is 5.95 Å². The molecule has 32 heavy (non-hydrogen) atoms. The van der Waals surface area contributed by atoms with Gasteiger partial charge in [0.1, 0.15) is 24.6 Å². The molecule has 0 aliphatic carbocycles. The Morgan fingerprint density at radius 1 is 1.25 bits per heavy atom. The van der Waals surface area contributed by atoms with Crippen LogP contribution >= 0.6 is 0 Å². The Morgan fingerprint density at radius 3 is 2.75 bits per heavy atom. The summed E-state index contributed by atoms with van der Waals surface area (Å²) >= 11 is 0. The summed E-state index contributed by atoms with van der Waals surface area (Å²) in [4.78, 5) is 14.7. The van der Waals surface area contributed by atoms with Crippen molar-refractivity contribution in [2.75, 3.05) is 16.8 Å². The number of benzene rings is 1.